The minimum absolute atomic E-state index is 0.211. The summed E-state index contributed by atoms with van der Waals surface area (Å²) < 4.78 is 5.33. The smallest absolute Gasteiger partial charge is 0.335 e. The first-order chi connectivity index (χ1) is 12.1. The summed E-state index contributed by atoms with van der Waals surface area (Å²) >= 11 is 1.38. The van der Waals surface area contributed by atoms with E-state index in [4.69, 9.17) is 9.84 Å². The van der Waals surface area contributed by atoms with Gasteiger partial charge in [0, 0.05) is 25.7 Å². The highest BCUT2D eigenvalue weighted by Gasteiger charge is 2.20. The molecule has 1 aromatic carbocycles. The number of carboxylic acids is 1. The van der Waals surface area contributed by atoms with E-state index >= 15 is 0 Å². The highest BCUT2D eigenvalue weighted by atomic mass is 32.1. The summed E-state index contributed by atoms with van der Waals surface area (Å²) in [4.78, 5) is 22.7. The maximum absolute atomic E-state index is 11.9. The summed E-state index contributed by atoms with van der Waals surface area (Å²) in [6.07, 6.45) is 1.85. The Morgan fingerprint density at radius 3 is 2.60 bits per heavy atom. The van der Waals surface area contributed by atoms with Crippen molar-refractivity contribution >= 4 is 28.5 Å². The van der Waals surface area contributed by atoms with E-state index in [2.05, 4.69) is 20.8 Å². The Hall–Kier alpha value is -2.52. The van der Waals surface area contributed by atoms with Gasteiger partial charge in [-0.3, -0.25) is 5.32 Å². The van der Waals surface area contributed by atoms with Crippen molar-refractivity contribution in [1.82, 2.24) is 15.5 Å². The van der Waals surface area contributed by atoms with E-state index in [-0.39, 0.29) is 18.1 Å². The highest BCUT2D eigenvalue weighted by molar-refractivity contribution is 7.15. The van der Waals surface area contributed by atoms with Crippen LogP contribution in [0.5, 0.6) is 0 Å². The number of hydrogen-bond donors (Lipinski definition) is 3. The minimum atomic E-state index is -0.978. The van der Waals surface area contributed by atoms with E-state index in [1.165, 1.54) is 23.5 Å². The van der Waals surface area contributed by atoms with Crippen LogP contribution >= 0.6 is 11.3 Å². The molecule has 0 spiro atoms. The maximum Gasteiger partial charge on any atom is 0.335 e. The van der Waals surface area contributed by atoms with E-state index < -0.39 is 5.97 Å². The summed E-state index contributed by atoms with van der Waals surface area (Å²) in [5, 5.41) is 23.8. The first kappa shape index (κ1) is 17.3. The van der Waals surface area contributed by atoms with Crippen LogP contribution in [0.3, 0.4) is 0 Å². The SMILES string of the molecule is O=C(NCc1ccc(C(=O)O)cc1)Nc1nnc(C2CCOCC2)s1. The number of nitrogens with zero attached hydrogens (tertiary/aromatic N) is 2. The molecule has 0 bridgehead atoms. The minimum Gasteiger partial charge on any atom is -0.478 e. The fourth-order valence-corrected chi connectivity index (χ4v) is 3.39. The molecule has 3 N–H and O–H groups in total. The van der Waals surface area contributed by atoms with E-state index in [1.807, 2.05) is 0 Å². The first-order valence-corrected chi connectivity index (χ1v) is 8.71. The van der Waals surface area contributed by atoms with Crippen LogP contribution in [0.15, 0.2) is 24.3 Å². The van der Waals surface area contributed by atoms with Crippen molar-refractivity contribution < 1.29 is 19.4 Å². The molecular formula is C16H18N4O4S. The van der Waals surface area contributed by atoms with E-state index in [9.17, 15) is 9.59 Å². The van der Waals surface area contributed by atoms with Crippen LogP contribution in [-0.4, -0.2) is 40.5 Å². The zero-order valence-electron chi connectivity index (χ0n) is 13.4. The third kappa shape index (κ3) is 4.74. The van der Waals surface area contributed by atoms with Crippen LogP contribution in [-0.2, 0) is 11.3 Å². The number of amides is 2. The van der Waals surface area contributed by atoms with Gasteiger partial charge in [-0.1, -0.05) is 23.5 Å². The Morgan fingerprint density at radius 2 is 1.92 bits per heavy atom. The van der Waals surface area contributed by atoms with Gasteiger partial charge in [-0.15, -0.1) is 10.2 Å². The van der Waals surface area contributed by atoms with Crippen LogP contribution in [0, 0.1) is 0 Å². The topological polar surface area (TPSA) is 113 Å². The number of benzene rings is 1. The van der Waals surface area contributed by atoms with Gasteiger partial charge in [0.25, 0.3) is 0 Å². The van der Waals surface area contributed by atoms with E-state index in [0.29, 0.717) is 11.0 Å². The summed E-state index contributed by atoms with van der Waals surface area (Å²) in [6.45, 7) is 1.75. The molecular weight excluding hydrogens is 344 g/mol. The number of aromatic nitrogens is 2. The molecule has 3 rings (SSSR count). The molecule has 0 aliphatic carbocycles. The predicted octanol–water partition coefficient (Wildman–Crippen LogP) is 2.45. The number of rotatable bonds is 5. The van der Waals surface area contributed by atoms with Gasteiger partial charge in [-0.05, 0) is 30.5 Å². The molecule has 1 aliphatic heterocycles. The Labute approximate surface area is 148 Å². The van der Waals surface area contributed by atoms with Crippen molar-refractivity contribution in [2.45, 2.75) is 25.3 Å². The second kappa shape index (κ2) is 8.04. The number of carboxylic acid groups (broad SMARTS) is 1. The van der Waals surface area contributed by atoms with Gasteiger partial charge < -0.3 is 15.2 Å². The van der Waals surface area contributed by atoms with Crippen LogP contribution in [0.2, 0.25) is 0 Å². The number of nitrogens with one attached hydrogen (secondary N) is 2. The Bertz CT molecular complexity index is 741. The Morgan fingerprint density at radius 1 is 1.20 bits per heavy atom. The maximum atomic E-state index is 11.9. The largest absolute Gasteiger partial charge is 0.478 e. The molecule has 2 aromatic rings. The predicted molar refractivity (Wildman–Crippen MR) is 92.0 cm³/mol. The fraction of sp³-hybridized carbons (Fsp3) is 0.375. The number of ether oxygens (including phenoxy) is 1. The average Bonchev–Trinajstić information content (AvgIpc) is 3.09. The normalized spacial score (nSPS) is 14.9. The van der Waals surface area contributed by atoms with Gasteiger partial charge in [0.15, 0.2) is 0 Å². The molecule has 0 atom stereocenters. The molecule has 8 nitrogen and oxygen atoms in total. The Balaban J connectivity index is 1.49. The van der Waals surface area contributed by atoms with Crippen molar-refractivity contribution in [2.75, 3.05) is 18.5 Å². The van der Waals surface area contributed by atoms with Gasteiger partial charge in [-0.25, -0.2) is 9.59 Å². The fourth-order valence-electron chi connectivity index (χ4n) is 2.48. The molecule has 25 heavy (non-hydrogen) atoms. The molecule has 1 aliphatic rings. The van der Waals surface area contributed by atoms with Crippen molar-refractivity contribution in [3.05, 3.63) is 40.4 Å². The van der Waals surface area contributed by atoms with Crippen molar-refractivity contribution in [3.63, 3.8) is 0 Å². The zero-order chi connectivity index (χ0) is 17.6. The van der Waals surface area contributed by atoms with Crippen LogP contribution in [0.4, 0.5) is 9.93 Å². The third-order valence-corrected chi connectivity index (χ3v) is 4.89. The second-order valence-corrected chi connectivity index (χ2v) is 6.65. The van der Waals surface area contributed by atoms with Crippen molar-refractivity contribution in [2.24, 2.45) is 0 Å². The molecule has 0 radical (unpaired) electrons. The van der Waals surface area contributed by atoms with Crippen molar-refractivity contribution in [1.29, 1.82) is 0 Å². The number of hydrogen-bond acceptors (Lipinski definition) is 6. The highest BCUT2D eigenvalue weighted by Crippen LogP contribution is 2.30. The summed E-state index contributed by atoms with van der Waals surface area (Å²) in [6, 6.07) is 5.96. The lowest BCUT2D eigenvalue weighted by Crippen LogP contribution is -2.28. The average molecular weight is 362 g/mol. The molecule has 1 saturated heterocycles. The second-order valence-electron chi connectivity index (χ2n) is 5.64. The molecule has 1 fully saturated rings. The quantitative estimate of drug-likeness (QED) is 0.753. The third-order valence-electron chi connectivity index (χ3n) is 3.89. The summed E-state index contributed by atoms with van der Waals surface area (Å²) in [5.74, 6) is -0.633. The lowest BCUT2D eigenvalue weighted by Gasteiger charge is -2.18. The van der Waals surface area contributed by atoms with E-state index in [1.54, 1.807) is 12.1 Å². The van der Waals surface area contributed by atoms with Gasteiger partial charge >= 0.3 is 12.0 Å². The molecule has 1 aromatic heterocycles. The van der Waals surface area contributed by atoms with Crippen LogP contribution in [0.1, 0.15) is 39.7 Å². The summed E-state index contributed by atoms with van der Waals surface area (Å²) in [5.41, 5.74) is 1.02. The lowest BCUT2D eigenvalue weighted by atomic mass is 10.0. The van der Waals surface area contributed by atoms with Gasteiger partial charge in [-0.2, -0.15) is 0 Å². The molecule has 132 valence electrons. The lowest BCUT2D eigenvalue weighted by molar-refractivity contribution is 0.0696. The molecule has 9 heteroatoms. The van der Waals surface area contributed by atoms with Gasteiger partial charge in [0.2, 0.25) is 5.13 Å². The monoisotopic (exact) mass is 362 g/mol. The van der Waals surface area contributed by atoms with Gasteiger partial charge in [0.05, 0.1) is 5.56 Å². The molecule has 0 unspecified atom stereocenters. The first-order valence-electron chi connectivity index (χ1n) is 7.90. The van der Waals surface area contributed by atoms with Crippen LogP contribution in [0.25, 0.3) is 0 Å². The van der Waals surface area contributed by atoms with Crippen LogP contribution < -0.4 is 10.6 Å². The number of aromatic carboxylic acids is 1. The number of anilines is 1. The standard InChI is InChI=1S/C16H18N4O4S/c21-14(22)12-3-1-10(2-4-12)9-17-15(23)18-16-20-19-13(25-16)11-5-7-24-8-6-11/h1-4,11H,5-9H2,(H,21,22)(H2,17,18,20,23). The Kier molecular flexibility index (Phi) is 5.56. The summed E-state index contributed by atoms with van der Waals surface area (Å²) in [7, 11) is 0. The zero-order valence-corrected chi connectivity index (χ0v) is 14.2. The van der Waals surface area contributed by atoms with E-state index in [0.717, 1.165) is 36.6 Å². The molecule has 2 heterocycles. The molecule has 2 amide bonds. The van der Waals surface area contributed by atoms with Crippen molar-refractivity contribution in [3.8, 4) is 0 Å². The van der Waals surface area contributed by atoms with Gasteiger partial charge in [0.1, 0.15) is 5.01 Å². The number of carbonyl (C=O) groups excluding carboxylic acids is 1. The number of carbonyl (C=O) groups is 2. The molecule has 0 saturated carbocycles. The number of urea groups is 1.